The molecule has 0 radical (unpaired) electrons. The van der Waals surface area contributed by atoms with Crippen LogP contribution in [0.2, 0.25) is 0 Å². The third-order valence-electron chi connectivity index (χ3n) is 3.25. The Labute approximate surface area is 167 Å². The summed E-state index contributed by atoms with van der Waals surface area (Å²) < 4.78 is 0. The Hall–Kier alpha value is -1.97. The number of aliphatic imine (C=N–C) groups is 2. The first-order valence-corrected chi connectivity index (χ1v) is 6.48. The van der Waals surface area contributed by atoms with Gasteiger partial charge in [-0.2, -0.15) is 0 Å². The molecule has 1 aromatic carbocycles. The molecule has 10 heteroatoms. The molecule has 1 aromatic rings. The summed E-state index contributed by atoms with van der Waals surface area (Å²) in [5, 5.41) is 19.0. The van der Waals surface area contributed by atoms with Gasteiger partial charge in [0.05, 0.1) is 5.56 Å². The minimum Gasteiger partial charge on any atom is -0.872 e. The number of carboxylic acids is 1. The first-order valence-electron chi connectivity index (χ1n) is 6.48. The zero-order valence-electron chi connectivity index (χ0n) is 13.0. The number of carbonyl (C=O) groups is 3. The summed E-state index contributed by atoms with van der Waals surface area (Å²) in [6, 6.07) is 5.18. The predicted molar refractivity (Wildman–Crippen MR) is 84.2 cm³/mol. The van der Waals surface area contributed by atoms with Gasteiger partial charge >= 0.3 is 49.7 Å². The number of amides is 3. The Balaban J connectivity index is 0.000000238. The van der Waals surface area contributed by atoms with Crippen LogP contribution < -0.4 is 5.11 Å². The van der Waals surface area contributed by atoms with Crippen LogP contribution in [0.5, 0.6) is 5.75 Å². The first kappa shape index (κ1) is 20.1. The van der Waals surface area contributed by atoms with E-state index in [2.05, 4.69) is 9.98 Å². The maximum absolute atomic E-state index is 11.4. The second kappa shape index (κ2) is 8.22. The Kier molecular flexibility index (Phi) is 6.88. The zero-order chi connectivity index (χ0) is 17.1. The molecule has 24 heavy (non-hydrogen) atoms. The molecule has 0 aromatic heterocycles. The number of hydrogen-bond donors (Lipinski definition) is 1. The minimum atomic E-state index is -1.18. The first-order chi connectivity index (χ1) is 10.8. The third-order valence-corrected chi connectivity index (χ3v) is 3.25. The van der Waals surface area contributed by atoms with Crippen LogP contribution in [0.3, 0.4) is 0 Å². The van der Waals surface area contributed by atoms with E-state index in [1.807, 2.05) is 0 Å². The van der Waals surface area contributed by atoms with Gasteiger partial charge in [0.2, 0.25) is 0 Å². The summed E-state index contributed by atoms with van der Waals surface area (Å²) in [6.07, 6.45) is 0.789. The fourth-order valence-electron chi connectivity index (χ4n) is 1.99. The van der Waals surface area contributed by atoms with Crippen molar-refractivity contribution in [3.8, 4) is 5.75 Å². The molecule has 0 spiro atoms. The number of carboxylic acid groups (broad SMARTS) is 1. The summed E-state index contributed by atoms with van der Waals surface area (Å²) in [5.74, 6) is -1.99. The van der Waals surface area contributed by atoms with Crippen molar-refractivity contribution in [1.82, 2.24) is 9.80 Å². The molecule has 1 atom stereocenters. The van der Waals surface area contributed by atoms with Crippen LogP contribution in [0.25, 0.3) is 0 Å². The van der Waals surface area contributed by atoms with Crippen LogP contribution in [-0.2, 0) is 4.79 Å². The maximum atomic E-state index is 11.4. The number of imide groups is 1. The van der Waals surface area contributed by atoms with E-state index in [9.17, 15) is 19.5 Å². The van der Waals surface area contributed by atoms with Crippen molar-refractivity contribution in [2.24, 2.45) is 9.98 Å². The molecule has 9 nitrogen and oxygen atoms in total. The second-order valence-electron chi connectivity index (χ2n) is 4.71. The molecule has 1 fully saturated rings. The molecule has 3 amide bonds. The molecule has 0 aliphatic carbocycles. The van der Waals surface area contributed by atoms with E-state index >= 15 is 0 Å². The normalized spacial score (nSPS) is 18.2. The fraction of sp³-hybridized carbons (Fsp3) is 0.214. The number of para-hydroxylation sites is 1. The van der Waals surface area contributed by atoms with Gasteiger partial charge in [0, 0.05) is 14.1 Å². The van der Waals surface area contributed by atoms with Crippen molar-refractivity contribution >= 4 is 67.7 Å². The van der Waals surface area contributed by atoms with Crippen LogP contribution in [0.15, 0.2) is 34.3 Å². The zero-order valence-corrected chi connectivity index (χ0v) is 15.2. The quantitative estimate of drug-likeness (QED) is 0.672. The van der Waals surface area contributed by atoms with E-state index in [4.69, 9.17) is 5.11 Å². The topological polar surface area (TPSA) is 126 Å². The minimum absolute atomic E-state index is 0. The van der Waals surface area contributed by atoms with Crippen LogP contribution in [0, 0.1) is 0 Å². The van der Waals surface area contributed by atoms with Crippen molar-refractivity contribution in [3.05, 3.63) is 29.8 Å². The number of hydrogen-bond acceptors (Lipinski definition) is 6. The smallest absolute Gasteiger partial charge is 0.872 e. The second-order valence-corrected chi connectivity index (χ2v) is 4.71. The summed E-state index contributed by atoms with van der Waals surface area (Å²) in [4.78, 5) is 43.2. The molecule has 1 N–H and O–H groups in total. The summed E-state index contributed by atoms with van der Waals surface area (Å²) in [7, 11) is 3.02. The number of benzene rings is 1. The van der Waals surface area contributed by atoms with Crippen molar-refractivity contribution in [2.45, 2.75) is 6.17 Å². The van der Waals surface area contributed by atoms with Crippen LogP contribution in [0.4, 0.5) is 4.79 Å². The van der Waals surface area contributed by atoms with Crippen molar-refractivity contribution in [2.75, 3.05) is 14.1 Å². The van der Waals surface area contributed by atoms with Crippen molar-refractivity contribution in [1.29, 1.82) is 0 Å². The number of fused-ring (bicyclic) bond motifs is 1. The van der Waals surface area contributed by atoms with Crippen LogP contribution >= 0.6 is 0 Å². The van der Waals surface area contributed by atoms with Gasteiger partial charge in [0.15, 0.2) is 11.9 Å². The summed E-state index contributed by atoms with van der Waals surface area (Å²) in [5.41, 5.74) is 0.132. The van der Waals surface area contributed by atoms with Gasteiger partial charge < -0.3 is 10.2 Å². The molecule has 2 aliphatic rings. The molecule has 0 saturated carbocycles. The molecule has 1 unspecified atom stereocenters. The predicted octanol–water partition coefficient (Wildman–Crippen LogP) is -0.603. The molecule has 1 saturated heterocycles. The number of urea groups is 1. The van der Waals surface area contributed by atoms with Gasteiger partial charge in [0.1, 0.15) is 6.34 Å². The summed E-state index contributed by atoms with van der Waals surface area (Å²) in [6.45, 7) is 0. The standard InChI is InChI=1S/C7H8N4O2.C7H6O3.Ca/c1-10-5-4(8-3-9-5)6(12)11(2)7(10)13;8-6-4-2-1-3-5(6)7(9)10;/h3,5H,1-2H3;1-4,8H,(H,9,10);/q;;+2/p-1. The van der Waals surface area contributed by atoms with E-state index in [0.717, 1.165) is 4.90 Å². The molecule has 0 bridgehead atoms. The van der Waals surface area contributed by atoms with E-state index < -0.39 is 17.9 Å². The molecule has 2 aliphatic heterocycles. The molecule has 3 rings (SSSR count). The van der Waals surface area contributed by atoms with Gasteiger partial charge in [-0.1, -0.05) is 23.9 Å². The Bertz CT molecular complexity index is 734. The van der Waals surface area contributed by atoms with E-state index in [0.29, 0.717) is 5.71 Å². The van der Waals surface area contributed by atoms with E-state index in [1.165, 1.54) is 42.6 Å². The monoisotopic (exact) mass is 357 g/mol. The van der Waals surface area contributed by atoms with E-state index in [1.54, 1.807) is 7.05 Å². The number of rotatable bonds is 1. The van der Waals surface area contributed by atoms with Gasteiger partial charge in [0.25, 0.3) is 5.91 Å². The van der Waals surface area contributed by atoms with E-state index in [-0.39, 0.29) is 55.2 Å². The maximum Gasteiger partial charge on any atom is 2.00 e. The third kappa shape index (κ3) is 3.92. The Morgan fingerprint density at radius 2 is 1.88 bits per heavy atom. The van der Waals surface area contributed by atoms with Gasteiger partial charge in [-0.15, -0.1) is 0 Å². The molecular weight excluding hydrogens is 344 g/mol. The van der Waals surface area contributed by atoms with Crippen LogP contribution in [-0.4, -0.2) is 103 Å². The molecule has 120 valence electrons. The largest absolute Gasteiger partial charge is 2.00 e. The molecular formula is C14H13CaN4O5+. The van der Waals surface area contributed by atoms with Crippen molar-refractivity contribution in [3.63, 3.8) is 0 Å². The number of nitrogens with zero attached hydrogens (tertiary/aromatic N) is 4. The fourth-order valence-corrected chi connectivity index (χ4v) is 1.99. The summed E-state index contributed by atoms with van der Waals surface area (Å²) >= 11 is 0. The van der Waals surface area contributed by atoms with Gasteiger partial charge in [-0.25, -0.2) is 19.6 Å². The van der Waals surface area contributed by atoms with Crippen molar-refractivity contribution < 1.29 is 24.6 Å². The van der Waals surface area contributed by atoms with Gasteiger partial charge in [-0.05, 0) is 6.07 Å². The van der Waals surface area contributed by atoms with Crippen LogP contribution in [0.1, 0.15) is 10.4 Å². The average Bonchev–Trinajstić information content (AvgIpc) is 3.01. The average molecular weight is 357 g/mol. The number of carbonyl (C=O) groups excluding carboxylic acids is 2. The number of aromatic carboxylic acids is 1. The molecule has 2 heterocycles. The Morgan fingerprint density at radius 3 is 2.42 bits per heavy atom. The van der Waals surface area contributed by atoms with Gasteiger partial charge in [-0.3, -0.25) is 14.6 Å². The Morgan fingerprint density at radius 1 is 1.25 bits per heavy atom. The SMILES string of the molecule is CN1C(=O)C2=NC=NC2N(C)C1=O.O=C(O)c1ccccc1[O-].[Ca+2].